The average Bonchev–Trinajstić information content (AvgIpc) is 3.91. The topological polar surface area (TPSA) is 56.7 Å². The zero-order chi connectivity index (χ0) is 41.0. The molecule has 0 spiro atoms. The Morgan fingerprint density at radius 3 is 1.34 bits per heavy atom. The summed E-state index contributed by atoms with van der Waals surface area (Å²) in [6.45, 7) is 0. The van der Waals surface area contributed by atoms with Crippen LogP contribution in [0, 0.1) is 0 Å². The SMILES string of the molecule is c1ccc(-c2cccc(-c3nc(-c4cccc(-c5ccccc5)c4)nc(-c4cccc5oc6c(-n7c8ccccc8c8ccccc87)cc(-c7ccccc7)cc6c45)n3)c2)cc1. The van der Waals surface area contributed by atoms with E-state index in [1.54, 1.807) is 0 Å². The molecule has 3 heterocycles. The van der Waals surface area contributed by atoms with Gasteiger partial charge in [0.05, 0.1) is 16.7 Å². The molecule has 0 aliphatic rings. The molecule has 0 aliphatic heterocycles. The van der Waals surface area contributed by atoms with Gasteiger partial charge < -0.3 is 8.98 Å². The number of benzene rings is 9. The molecular formula is C57H36N4O. The summed E-state index contributed by atoms with van der Waals surface area (Å²) in [6.07, 6.45) is 0. The minimum Gasteiger partial charge on any atom is -0.454 e. The van der Waals surface area contributed by atoms with E-state index in [1.165, 1.54) is 10.8 Å². The van der Waals surface area contributed by atoms with Gasteiger partial charge in [0.2, 0.25) is 0 Å². The van der Waals surface area contributed by atoms with E-state index in [0.29, 0.717) is 17.5 Å². The number of para-hydroxylation sites is 2. The Hall–Kier alpha value is -8.41. The number of fused-ring (bicyclic) bond motifs is 6. The largest absolute Gasteiger partial charge is 0.454 e. The van der Waals surface area contributed by atoms with Crippen LogP contribution in [0.4, 0.5) is 0 Å². The van der Waals surface area contributed by atoms with Crippen molar-refractivity contribution in [2.45, 2.75) is 0 Å². The van der Waals surface area contributed by atoms with E-state index in [-0.39, 0.29) is 0 Å². The Morgan fingerprint density at radius 2 is 0.774 bits per heavy atom. The molecule has 5 heteroatoms. The maximum absolute atomic E-state index is 7.03. The van der Waals surface area contributed by atoms with Gasteiger partial charge in [-0.25, -0.2) is 15.0 Å². The number of nitrogens with zero attached hydrogens (tertiary/aromatic N) is 4. The first-order chi connectivity index (χ1) is 30.7. The molecule has 0 saturated carbocycles. The first-order valence-corrected chi connectivity index (χ1v) is 20.8. The van der Waals surface area contributed by atoms with Crippen molar-refractivity contribution >= 4 is 43.7 Å². The second-order valence-corrected chi connectivity index (χ2v) is 15.6. The van der Waals surface area contributed by atoms with Crippen molar-refractivity contribution in [2.24, 2.45) is 0 Å². The quantitative estimate of drug-likeness (QED) is 0.161. The predicted octanol–water partition coefficient (Wildman–Crippen LogP) is 14.9. The maximum atomic E-state index is 7.03. The van der Waals surface area contributed by atoms with Crippen molar-refractivity contribution in [1.82, 2.24) is 19.5 Å². The molecule has 9 aromatic carbocycles. The Balaban J connectivity index is 1.13. The summed E-state index contributed by atoms with van der Waals surface area (Å²) in [6, 6.07) is 76.2. The van der Waals surface area contributed by atoms with Crippen molar-refractivity contribution in [3.63, 3.8) is 0 Å². The minimum atomic E-state index is 0.567. The van der Waals surface area contributed by atoms with Crippen LogP contribution in [0.25, 0.3) is 117 Å². The first-order valence-electron chi connectivity index (χ1n) is 20.8. The Morgan fingerprint density at radius 1 is 0.323 bits per heavy atom. The Labute approximate surface area is 357 Å². The van der Waals surface area contributed by atoms with Crippen LogP contribution in [-0.4, -0.2) is 19.5 Å². The van der Waals surface area contributed by atoms with E-state index < -0.39 is 0 Å². The molecule has 0 fully saturated rings. The van der Waals surface area contributed by atoms with Gasteiger partial charge in [0.15, 0.2) is 23.1 Å². The third kappa shape index (κ3) is 6.06. The highest BCUT2D eigenvalue weighted by Gasteiger charge is 2.23. The van der Waals surface area contributed by atoms with Crippen LogP contribution >= 0.6 is 0 Å². The third-order valence-electron chi connectivity index (χ3n) is 11.8. The van der Waals surface area contributed by atoms with Crippen molar-refractivity contribution in [3.8, 4) is 73.2 Å². The molecule has 0 saturated heterocycles. The lowest BCUT2D eigenvalue weighted by Crippen LogP contribution is -2.01. The van der Waals surface area contributed by atoms with Gasteiger partial charge in [0.25, 0.3) is 0 Å². The fraction of sp³-hybridized carbons (Fsp3) is 0. The lowest BCUT2D eigenvalue weighted by Gasteiger charge is -2.12. The van der Waals surface area contributed by atoms with Gasteiger partial charge in [-0.3, -0.25) is 0 Å². The highest BCUT2D eigenvalue weighted by atomic mass is 16.3. The fourth-order valence-corrected chi connectivity index (χ4v) is 8.93. The Kier molecular flexibility index (Phi) is 8.42. The van der Waals surface area contributed by atoms with Crippen molar-refractivity contribution in [3.05, 3.63) is 218 Å². The van der Waals surface area contributed by atoms with Crippen LogP contribution in [-0.2, 0) is 0 Å². The summed E-state index contributed by atoms with van der Waals surface area (Å²) < 4.78 is 9.37. The van der Waals surface area contributed by atoms with Gasteiger partial charge in [0, 0.05) is 38.2 Å². The van der Waals surface area contributed by atoms with Crippen molar-refractivity contribution in [2.75, 3.05) is 0 Å². The molecule has 290 valence electrons. The highest BCUT2D eigenvalue weighted by molar-refractivity contribution is 6.16. The number of aromatic nitrogens is 4. The molecule has 3 aromatic heterocycles. The van der Waals surface area contributed by atoms with Crippen LogP contribution in [0.1, 0.15) is 0 Å². The predicted molar refractivity (Wildman–Crippen MR) is 254 cm³/mol. The molecule has 62 heavy (non-hydrogen) atoms. The van der Waals surface area contributed by atoms with Crippen molar-refractivity contribution < 1.29 is 4.42 Å². The van der Waals surface area contributed by atoms with Gasteiger partial charge >= 0.3 is 0 Å². The van der Waals surface area contributed by atoms with E-state index in [0.717, 1.165) is 88.7 Å². The minimum absolute atomic E-state index is 0.567. The Bertz CT molecular complexity index is 3470. The molecule has 0 N–H and O–H groups in total. The van der Waals surface area contributed by atoms with Gasteiger partial charge in [-0.1, -0.05) is 176 Å². The van der Waals surface area contributed by atoms with Crippen LogP contribution < -0.4 is 0 Å². The number of hydrogen-bond acceptors (Lipinski definition) is 4. The lowest BCUT2D eigenvalue weighted by molar-refractivity contribution is 0.666. The van der Waals surface area contributed by atoms with E-state index in [1.807, 2.05) is 24.3 Å². The molecule has 0 atom stereocenters. The molecular weight excluding hydrogens is 757 g/mol. The smallest absolute Gasteiger partial charge is 0.164 e. The molecule has 0 unspecified atom stereocenters. The molecule has 0 aliphatic carbocycles. The third-order valence-corrected chi connectivity index (χ3v) is 11.8. The monoisotopic (exact) mass is 792 g/mol. The lowest BCUT2D eigenvalue weighted by atomic mass is 9.99. The zero-order valence-corrected chi connectivity index (χ0v) is 33.5. The summed E-state index contributed by atoms with van der Waals surface area (Å²) in [7, 11) is 0. The molecule has 12 rings (SSSR count). The van der Waals surface area contributed by atoms with Crippen LogP contribution in [0.2, 0.25) is 0 Å². The van der Waals surface area contributed by atoms with Crippen LogP contribution in [0.5, 0.6) is 0 Å². The number of hydrogen-bond donors (Lipinski definition) is 0. The molecule has 5 nitrogen and oxygen atoms in total. The summed E-state index contributed by atoms with van der Waals surface area (Å²) in [5, 5.41) is 4.31. The average molecular weight is 793 g/mol. The van der Waals surface area contributed by atoms with E-state index in [9.17, 15) is 0 Å². The molecule has 0 bridgehead atoms. The fourth-order valence-electron chi connectivity index (χ4n) is 8.93. The van der Waals surface area contributed by atoms with Gasteiger partial charge in [-0.05, 0) is 75.8 Å². The summed E-state index contributed by atoms with van der Waals surface area (Å²) in [4.78, 5) is 15.8. The van der Waals surface area contributed by atoms with E-state index >= 15 is 0 Å². The normalized spacial score (nSPS) is 11.5. The van der Waals surface area contributed by atoms with E-state index in [2.05, 4.69) is 199 Å². The van der Waals surface area contributed by atoms with Gasteiger partial charge in [0.1, 0.15) is 5.58 Å². The first kappa shape index (κ1) is 35.5. The summed E-state index contributed by atoms with van der Waals surface area (Å²) in [5.74, 6) is 1.75. The number of furan rings is 1. The second-order valence-electron chi connectivity index (χ2n) is 15.6. The zero-order valence-electron chi connectivity index (χ0n) is 33.5. The maximum Gasteiger partial charge on any atom is 0.164 e. The highest BCUT2D eigenvalue weighted by Crippen LogP contribution is 2.43. The van der Waals surface area contributed by atoms with Crippen LogP contribution in [0.15, 0.2) is 223 Å². The molecule has 0 amide bonds. The summed E-state index contributed by atoms with van der Waals surface area (Å²) >= 11 is 0. The molecule has 0 radical (unpaired) electrons. The van der Waals surface area contributed by atoms with Crippen LogP contribution in [0.3, 0.4) is 0 Å². The summed E-state index contributed by atoms with van der Waals surface area (Å²) in [5.41, 5.74) is 14.0. The van der Waals surface area contributed by atoms with Crippen molar-refractivity contribution in [1.29, 1.82) is 0 Å². The van der Waals surface area contributed by atoms with Gasteiger partial charge in [-0.15, -0.1) is 0 Å². The molecule has 12 aromatic rings. The second kappa shape index (κ2) is 14.7. The standard InChI is InChI=1S/C57H36N4O/c1-4-17-37(18-5-1)40-23-14-25-42(33-40)55-58-56(43-26-15-24-41(34-43)38-19-6-2-7-20-38)60-57(59-55)47-29-16-32-52-53(47)48-35-44(39-21-8-3-9-22-39)36-51(54(48)62-52)61-49-30-12-10-27-45(49)46-28-11-13-31-50(46)61/h1-36H. The van der Waals surface area contributed by atoms with E-state index in [4.69, 9.17) is 19.4 Å². The number of rotatable bonds is 7. The van der Waals surface area contributed by atoms with Gasteiger partial charge in [-0.2, -0.15) is 0 Å².